The Morgan fingerprint density at radius 2 is 1.88 bits per heavy atom. The van der Waals surface area contributed by atoms with Crippen molar-refractivity contribution in [3.8, 4) is 11.5 Å². The van der Waals surface area contributed by atoms with E-state index in [0.29, 0.717) is 23.8 Å². The van der Waals surface area contributed by atoms with Crippen molar-refractivity contribution >= 4 is 12.1 Å². The number of rotatable bonds is 7. The number of nitrogens with zero attached hydrogens (tertiary/aromatic N) is 1. The highest BCUT2D eigenvalue weighted by molar-refractivity contribution is 5.95. The molecule has 2 aromatic carbocycles. The maximum Gasteiger partial charge on any atom is 0.271 e. The molecule has 0 saturated carbocycles. The maximum absolute atomic E-state index is 12.1. The van der Waals surface area contributed by atoms with E-state index in [1.165, 1.54) is 0 Å². The molecule has 0 spiro atoms. The highest BCUT2D eigenvalue weighted by Gasteiger charge is 2.05. The lowest BCUT2D eigenvalue weighted by atomic mass is 10.2. The fraction of sp³-hybridized carbons (Fsp3) is 0.263. The van der Waals surface area contributed by atoms with Crippen molar-refractivity contribution in [3.63, 3.8) is 0 Å². The van der Waals surface area contributed by atoms with E-state index in [-0.39, 0.29) is 5.91 Å². The molecule has 2 aromatic rings. The summed E-state index contributed by atoms with van der Waals surface area (Å²) in [6.07, 6.45) is 1.55. The number of nitrogens with one attached hydrogen (secondary N) is 1. The molecule has 24 heavy (non-hydrogen) atoms. The van der Waals surface area contributed by atoms with E-state index in [0.717, 1.165) is 11.3 Å². The van der Waals surface area contributed by atoms with Crippen molar-refractivity contribution in [3.05, 3.63) is 59.7 Å². The maximum atomic E-state index is 12.1. The van der Waals surface area contributed by atoms with E-state index in [1.807, 2.05) is 24.3 Å². The molecule has 0 aliphatic rings. The Bertz CT molecular complexity index is 694. The van der Waals surface area contributed by atoms with E-state index >= 15 is 0 Å². The van der Waals surface area contributed by atoms with E-state index < -0.39 is 0 Å². The summed E-state index contributed by atoms with van der Waals surface area (Å²) < 4.78 is 10.8. The Labute approximate surface area is 142 Å². The van der Waals surface area contributed by atoms with Gasteiger partial charge in [0.1, 0.15) is 11.5 Å². The monoisotopic (exact) mass is 326 g/mol. The van der Waals surface area contributed by atoms with Crippen LogP contribution in [0.2, 0.25) is 0 Å². The van der Waals surface area contributed by atoms with Gasteiger partial charge in [-0.25, -0.2) is 5.43 Å². The molecule has 0 unspecified atom stereocenters. The zero-order chi connectivity index (χ0) is 17.4. The van der Waals surface area contributed by atoms with Gasteiger partial charge in [0.05, 0.1) is 19.9 Å². The zero-order valence-corrected chi connectivity index (χ0v) is 14.2. The SMILES string of the molecule is COc1ccccc1C=NNC(=O)c1ccc(OCC(C)C)cc1. The molecule has 0 aliphatic heterocycles. The second-order valence-corrected chi connectivity index (χ2v) is 5.67. The molecule has 0 fully saturated rings. The van der Waals surface area contributed by atoms with Crippen LogP contribution < -0.4 is 14.9 Å². The minimum atomic E-state index is -0.281. The number of methoxy groups -OCH3 is 1. The normalized spacial score (nSPS) is 10.8. The van der Waals surface area contributed by atoms with Crippen LogP contribution in [0.3, 0.4) is 0 Å². The third-order valence-corrected chi connectivity index (χ3v) is 3.21. The van der Waals surface area contributed by atoms with Crippen LogP contribution in [-0.2, 0) is 0 Å². The van der Waals surface area contributed by atoms with Crippen molar-refractivity contribution in [2.45, 2.75) is 13.8 Å². The minimum Gasteiger partial charge on any atom is -0.496 e. The average Bonchev–Trinajstić information content (AvgIpc) is 2.60. The summed E-state index contributed by atoms with van der Waals surface area (Å²) in [5.74, 6) is 1.62. The topological polar surface area (TPSA) is 59.9 Å². The predicted molar refractivity (Wildman–Crippen MR) is 94.8 cm³/mol. The summed E-state index contributed by atoms with van der Waals surface area (Å²) >= 11 is 0. The number of hydrazone groups is 1. The van der Waals surface area contributed by atoms with Gasteiger partial charge in [-0.05, 0) is 42.3 Å². The van der Waals surface area contributed by atoms with Crippen LogP contribution in [0.4, 0.5) is 0 Å². The van der Waals surface area contributed by atoms with Crippen molar-refractivity contribution in [2.24, 2.45) is 11.0 Å². The Morgan fingerprint density at radius 1 is 1.17 bits per heavy atom. The van der Waals surface area contributed by atoms with Crippen molar-refractivity contribution in [2.75, 3.05) is 13.7 Å². The van der Waals surface area contributed by atoms with Gasteiger partial charge in [-0.1, -0.05) is 26.0 Å². The van der Waals surface area contributed by atoms with Crippen molar-refractivity contribution < 1.29 is 14.3 Å². The van der Waals surface area contributed by atoms with Crippen LogP contribution in [0.1, 0.15) is 29.8 Å². The van der Waals surface area contributed by atoms with Crippen LogP contribution in [0.5, 0.6) is 11.5 Å². The first-order valence-corrected chi connectivity index (χ1v) is 7.79. The smallest absolute Gasteiger partial charge is 0.271 e. The molecule has 0 radical (unpaired) electrons. The van der Waals surface area contributed by atoms with Gasteiger partial charge in [0.15, 0.2) is 0 Å². The molecule has 1 amide bonds. The second-order valence-electron chi connectivity index (χ2n) is 5.67. The molecule has 0 saturated heterocycles. The Kier molecular flexibility index (Phi) is 6.37. The van der Waals surface area contributed by atoms with Gasteiger partial charge in [-0.3, -0.25) is 4.79 Å². The molecule has 126 valence electrons. The van der Waals surface area contributed by atoms with Gasteiger partial charge < -0.3 is 9.47 Å². The highest BCUT2D eigenvalue weighted by Crippen LogP contribution is 2.15. The fourth-order valence-corrected chi connectivity index (χ4v) is 1.96. The predicted octanol–water partition coefficient (Wildman–Crippen LogP) is 3.49. The molecular formula is C19H22N2O3. The lowest BCUT2D eigenvalue weighted by Crippen LogP contribution is -2.17. The second kappa shape index (κ2) is 8.72. The molecular weight excluding hydrogens is 304 g/mol. The quantitative estimate of drug-likeness (QED) is 0.626. The molecule has 0 heterocycles. The molecule has 5 nitrogen and oxygen atoms in total. The van der Waals surface area contributed by atoms with Crippen LogP contribution in [0.15, 0.2) is 53.6 Å². The summed E-state index contributed by atoms with van der Waals surface area (Å²) in [4.78, 5) is 12.1. The van der Waals surface area contributed by atoms with E-state index in [9.17, 15) is 4.79 Å². The Balaban J connectivity index is 1.93. The van der Waals surface area contributed by atoms with Gasteiger partial charge in [0.25, 0.3) is 5.91 Å². The number of hydrogen-bond donors (Lipinski definition) is 1. The van der Waals surface area contributed by atoms with Crippen LogP contribution in [0.25, 0.3) is 0 Å². The van der Waals surface area contributed by atoms with Gasteiger partial charge in [-0.2, -0.15) is 5.10 Å². The van der Waals surface area contributed by atoms with E-state index in [4.69, 9.17) is 9.47 Å². The molecule has 0 aromatic heterocycles. The molecule has 5 heteroatoms. The van der Waals surface area contributed by atoms with Crippen LogP contribution >= 0.6 is 0 Å². The average molecular weight is 326 g/mol. The number of benzene rings is 2. The third-order valence-electron chi connectivity index (χ3n) is 3.21. The number of hydrogen-bond acceptors (Lipinski definition) is 4. The van der Waals surface area contributed by atoms with Crippen molar-refractivity contribution in [1.29, 1.82) is 0 Å². The first-order valence-electron chi connectivity index (χ1n) is 7.79. The summed E-state index contributed by atoms with van der Waals surface area (Å²) in [5.41, 5.74) is 3.81. The summed E-state index contributed by atoms with van der Waals surface area (Å²) in [6.45, 7) is 4.82. The summed E-state index contributed by atoms with van der Waals surface area (Å²) in [7, 11) is 1.59. The van der Waals surface area contributed by atoms with Crippen LogP contribution in [0, 0.1) is 5.92 Å². The first kappa shape index (κ1) is 17.5. The van der Waals surface area contributed by atoms with Gasteiger partial charge in [-0.15, -0.1) is 0 Å². The lowest BCUT2D eigenvalue weighted by Gasteiger charge is -2.08. The van der Waals surface area contributed by atoms with Gasteiger partial charge >= 0.3 is 0 Å². The first-order chi connectivity index (χ1) is 11.6. The molecule has 0 bridgehead atoms. The van der Waals surface area contributed by atoms with Gasteiger partial charge in [0.2, 0.25) is 0 Å². The lowest BCUT2D eigenvalue weighted by molar-refractivity contribution is 0.0955. The molecule has 0 atom stereocenters. The van der Waals surface area contributed by atoms with Crippen molar-refractivity contribution in [1.82, 2.24) is 5.43 Å². The minimum absolute atomic E-state index is 0.281. The largest absolute Gasteiger partial charge is 0.496 e. The standard InChI is InChI=1S/C19H22N2O3/c1-14(2)13-24-17-10-8-15(9-11-17)19(22)21-20-12-16-6-4-5-7-18(16)23-3/h4-12,14H,13H2,1-3H3,(H,21,22). The molecule has 0 aliphatic carbocycles. The number of ether oxygens (including phenoxy) is 2. The van der Waals surface area contributed by atoms with Gasteiger partial charge in [0, 0.05) is 11.1 Å². The third kappa shape index (κ3) is 5.12. The zero-order valence-electron chi connectivity index (χ0n) is 14.2. The number of para-hydroxylation sites is 1. The summed E-state index contributed by atoms with van der Waals surface area (Å²) in [6, 6.07) is 14.4. The number of carbonyl (C=O) groups is 1. The number of carbonyl (C=O) groups excluding carboxylic acids is 1. The Hall–Kier alpha value is -2.82. The van der Waals surface area contributed by atoms with Crippen LogP contribution in [-0.4, -0.2) is 25.8 Å². The summed E-state index contributed by atoms with van der Waals surface area (Å²) in [5, 5.41) is 3.97. The molecule has 1 N–H and O–H groups in total. The van der Waals surface area contributed by atoms with E-state index in [2.05, 4.69) is 24.4 Å². The molecule has 2 rings (SSSR count). The highest BCUT2D eigenvalue weighted by atomic mass is 16.5. The fourth-order valence-electron chi connectivity index (χ4n) is 1.96. The van der Waals surface area contributed by atoms with E-state index in [1.54, 1.807) is 37.6 Å². The Morgan fingerprint density at radius 3 is 2.54 bits per heavy atom. The number of amides is 1.